The molecule has 28 heavy (non-hydrogen) atoms. The Bertz CT molecular complexity index is 957. The summed E-state index contributed by atoms with van der Waals surface area (Å²) in [7, 11) is 1.82. The van der Waals surface area contributed by atoms with Crippen molar-refractivity contribution in [2.45, 2.75) is 25.8 Å². The van der Waals surface area contributed by atoms with Crippen molar-refractivity contribution in [3.63, 3.8) is 0 Å². The van der Waals surface area contributed by atoms with Crippen LogP contribution < -0.4 is 10.6 Å². The highest BCUT2D eigenvalue weighted by Crippen LogP contribution is 2.24. The first kappa shape index (κ1) is 20.1. The maximum absolute atomic E-state index is 12.6. The van der Waals surface area contributed by atoms with Crippen molar-refractivity contribution in [2.75, 3.05) is 18.4 Å². The molecule has 2 N–H and O–H groups in total. The first-order valence-corrected chi connectivity index (χ1v) is 9.29. The van der Waals surface area contributed by atoms with E-state index in [9.17, 15) is 4.79 Å². The molecule has 1 aromatic carbocycles. The number of nitrogens with one attached hydrogen (secondary N) is 2. The number of carbonyl (C=O) groups excluding carboxylic acids is 1. The summed E-state index contributed by atoms with van der Waals surface area (Å²) in [5.74, 6) is 0.420. The maximum Gasteiger partial charge on any atom is 0.277 e. The number of rotatable bonds is 4. The van der Waals surface area contributed by atoms with Gasteiger partial charge in [0, 0.05) is 31.4 Å². The second-order valence-electron chi connectivity index (χ2n) is 6.99. The summed E-state index contributed by atoms with van der Waals surface area (Å²) in [6.45, 7) is 3.99. The highest BCUT2D eigenvalue weighted by atomic mass is 35.5. The number of aryl methyl sites for hydroxylation is 2. The summed E-state index contributed by atoms with van der Waals surface area (Å²) in [5, 5.41) is 15.3. The first-order valence-electron chi connectivity index (χ1n) is 9.29. The van der Waals surface area contributed by atoms with Crippen LogP contribution in [0.1, 0.15) is 34.9 Å². The summed E-state index contributed by atoms with van der Waals surface area (Å²) in [4.78, 5) is 12.6. The number of aromatic nitrogens is 4. The van der Waals surface area contributed by atoms with Crippen molar-refractivity contribution in [1.82, 2.24) is 24.9 Å². The van der Waals surface area contributed by atoms with E-state index in [-0.39, 0.29) is 18.3 Å². The highest BCUT2D eigenvalue weighted by molar-refractivity contribution is 6.02. The monoisotopic (exact) mass is 400 g/mol. The van der Waals surface area contributed by atoms with Gasteiger partial charge in [-0.2, -0.15) is 10.2 Å². The molecule has 0 bridgehead atoms. The minimum atomic E-state index is -0.225. The van der Waals surface area contributed by atoms with Gasteiger partial charge in [0.25, 0.3) is 5.91 Å². The molecule has 1 aliphatic heterocycles. The Morgan fingerprint density at radius 2 is 2.07 bits per heavy atom. The van der Waals surface area contributed by atoms with E-state index < -0.39 is 0 Å². The number of amides is 1. The molecule has 4 rings (SSSR count). The zero-order chi connectivity index (χ0) is 18.8. The summed E-state index contributed by atoms with van der Waals surface area (Å²) < 4.78 is 3.57. The Morgan fingerprint density at radius 1 is 1.25 bits per heavy atom. The zero-order valence-corrected chi connectivity index (χ0v) is 16.9. The van der Waals surface area contributed by atoms with Crippen LogP contribution >= 0.6 is 12.4 Å². The number of hydrogen-bond acceptors (Lipinski definition) is 4. The Balaban J connectivity index is 0.00000225. The highest BCUT2D eigenvalue weighted by Gasteiger charge is 2.19. The van der Waals surface area contributed by atoms with Crippen LogP contribution in [0, 0.1) is 6.92 Å². The molecule has 1 saturated heterocycles. The minimum Gasteiger partial charge on any atom is -0.315 e. The molecule has 1 atom stereocenters. The molecule has 148 valence electrons. The number of piperidine rings is 1. The number of nitrogens with zero attached hydrogens (tertiary/aromatic N) is 4. The Labute approximate surface area is 170 Å². The summed E-state index contributed by atoms with van der Waals surface area (Å²) >= 11 is 0. The van der Waals surface area contributed by atoms with Crippen LogP contribution in [-0.4, -0.2) is 38.6 Å². The van der Waals surface area contributed by atoms with E-state index in [1.54, 1.807) is 10.7 Å². The van der Waals surface area contributed by atoms with Crippen LogP contribution in [0.3, 0.4) is 0 Å². The van der Waals surface area contributed by atoms with Gasteiger partial charge in [-0.05, 0) is 37.9 Å². The Hall–Kier alpha value is -2.64. The fraction of sp³-hybridized carbons (Fsp3) is 0.350. The van der Waals surface area contributed by atoms with Crippen LogP contribution in [0.2, 0.25) is 0 Å². The molecule has 1 aliphatic rings. The number of anilines is 1. The summed E-state index contributed by atoms with van der Waals surface area (Å²) in [6, 6.07) is 12.0. The lowest BCUT2D eigenvalue weighted by atomic mass is 10.1. The van der Waals surface area contributed by atoms with Crippen LogP contribution in [0.4, 0.5) is 5.82 Å². The van der Waals surface area contributed by atoms with Crippen LogP contribution in [0.25, 0.3) is 11.3 Å². The van der Waals surface area contributed by atoms with E-state index in [1.165, 1.54) is 0 Å². The molecule has 1 fully saturated rings. The average Bonchev–Trinajstić information content (AvgIpc) is 3.31. The molecule has 2 aromatic heterocycles. The molecule has 0 aliphatic carbocycles. The lowest BCUT2D eigenvalue weighted by Crippen LogP contribution is -2.32. The molecule has 0 radical (unpaired) electrons. The van der Waals surface area contributed by atoms with Crippen LogP contribution in [0.5, 0.6) is 0 Å². The van der Waals surface area contributed by atoms with E-state index in [0.29, 0.717) is 17.6 Å². The average molecular weight is 401 g/mol. The van der Waals surface area contributed by atoms with Crippen molar-refractivity contribution in [2.24, 2.45) is 7.05 Å². The molecular weight excluding hydrogens is 376 g/mol. The van der Waals surface area contributed by atoms with Gasteiger partial charge in [-0.25, -0.2) is 0 Å². The summed E-state index contributed by atoms with van der Waals surface area (Å²) in [6.07, 6.45) is 4.09. The summed E-state index contributed by atoms with van der Waals surface area (Å²) in [5.41, 5.74) is 3.46. The van der Waals surface area contributed by atoms with E-state index >= 15 is 0 Å². The van der Waals surface area contributed by atoms with Gasteiger partial charge < -0.3 is 10.6 Å². The van der Waals surface area contributed by atoms with Crippen molar-refractivity contribution in [3.05, 3.63) is 53.9 Å². The third-order valence-electron chi connectivity index (χ3n) is 5.03. The largest absolute Gasteiger partial charge is 0.315 e. The normalized spacial score (nSPS) is 16.4. The van der Waals surface area contributed by atoms with Gasteiger partial charge in [-0.15, -0.1) is 12.4 Å². The zero-order valence-electron chi connectivity index (χ0n) is 16.1. The number of benzene rings is 1. The predicted octanol–water partition coefficient (Wildman–Crippen LogP) is 3.19. The maximum atomic E-state index is 12.6. The Morgan fingerprint density at radius 3 is 2.82 bits per heavy atom. The van der Waals surface area contributed by atoms with Crippen LogP contribution in [0.15, 0.2) is 42.6 Å². The molecule has 3 heterocycles. The van der Waals surface area contributed by atoms with Gasteiger partial charge in [-0.1, -0.05) is 24.3 Å². The van der Waals surface area contributed by atoms with E-state index in [0.717, 1.165) is 42.8 Å². The molecule has 3 aromatic rings. The smallest absolute Gasteiger partial charge is 0.277 e. The standard InChI is InChI=1S/C20H24N6O.ClH/c1-14-6-3-4-8-16(14)18-12-19(25(2)23-18)22-20(27)17-9-11-26(24-17)15-7-5-10-21-13-15;/h3-4,6,8-9,11-12,15,21H,5,7,10,13H2,1-2H3,(H,22,27);1H. The van der Waals surface area contributed by atoms with Crippen LogP contribution in [-0.2, 0) is 7.05 Å². The number of halogens is 1. The first-order chi connectivity index (χ1) is 13.1. The lowest BCUT2D eigenvalue weighted by molar-refractivity contribution is 0.102. The lowest BCUT2D eigenvalue weighted by Gasteiger charge is -2.22. The fourth-order valence-corrected chi connectivity index (χ4v) is 3.48. The van der Waals surface area contributed by atoms with Gasteiger partial charge in [0.2, 0.25) is 0 Å². The minimum absolute atomic E-state index is 0. The molecule has 7 nitrogen and oxygen atoms in total. The van der Waals surface area contributed by atoms with Crippen molar-refractivity contribution in [3.8, 4) is 11.3 Å². The van der Waals surface area contributed by atoms with Gasteiger partial charge >= 0.3 is 0 Å². The number of hydrogen-bond donors (Lipinski definition) is 2. The van der Waals surface area contributed by atoms with Crippen molar-refractivity contribution in [1.29, 1.82) is 0 Å². The quantitative estimate of drug-likeness (QED) is 0.705. The number of carbonyl (C=O) groups is 1. The van der Waals surface area contributed by atoms with Gasteiger partial charge in [0.05, 0.1) is 11.7 Å². The fourth-order valence-electron chi connectivity index (χ4n) is 3.48. The molecule has 1 amide bonds. The third kappa shape index (κ3) is 4.10. The van der Waals surface area contributed by atoms with Gasteiger partial charge in [0.15, 0.2) is 5.69 Å². The predicted molar refractivity (Wildman–Crippen MR) is 112 cm³/mol. The second-order valence-corrected chi connectivity index (χ2v) is 6.99. The topological polar surface area (TPSA) is 76.8 Å². The van der Waals surface area contributed by atoms with E-state index in [2.05, 4.69) is 33.8 Å². The molecule has 8 heteroatoms. The van der Waals surface area contributed by atoms with E-state index in [4.69, 9.17) is 0 Å². The van der Waals surface area contributed by atoms with E-state index in [1.807, 2.05) is 42.2 Å². The Kier molecular flexibility index (Phi) is 6.16. The van der Waals surface area contributed by atoms with Crippen molar-refractivity contribution < 1.29 is 4.79 Å². The molecule has 0 spiro atoms. The second kappa shape index (κ2) is 8.58. The molecule has 0 saturated carbocycles. The molecule has 1 unspecified atom stereocenters. The van der Waals surface area contributed by atoms with Gasteiger partial charge in [-0.3, -0.25) is 14.2 Å². The molecular formula is C20H25ClN6O. The van der Waals surface area contributed by atoms with Crippen molar-refractivity contribution >= 4 is 24.1 Å². The van der Waals surface area contributed by atoms with Gasteiger partial charge in [0.1, 0.15) is 5.82 Å². The third-order valence-corrected chi connectivity index (χ3v) is 5.03. The SMILES string of the molecule is Cc1ccccc1-c1cc(NC(=O)c2ccn(C3CCCNC3)n2)n(C)n1.Cl.